The second kappa shape index (κ2) is 7.41. The summed E-state index contributed by atoms with van der Waals surface area (Å²) in [5.41, 5.74) is 5.44. The molecule has 0 spiro atoms. The van der Waals surface area contributed by atoms with E-state index in [-0.39, 0.29) is 6.04 Å². The number of benzene rings is 2. The molecular formula is C22H21N5. The van der Waals surface area contributed by atoms with Gasteiger partial charge >= 0.3 is 0 Å². The van der Waals surface area contributed by atoms with Gasteiger partial charge in [-0.2, -0.15) is 5.10 Å². The zero-order valence-corrected chi connectivity index (χ0v) is 15.4. The number of hydrogen-bond donors (Lipinski definition) is 1. The Balaban J connectivity index is 1.55. The van der Waals surface area contributed by atoms with E-state index < -0.39 is 0 Å². The van der Waals surface area contributed by atoms with Crippen LogP contribution in [0.1, 0.15) is 18.5 Å². The third-order valence-electron chi connectivity index (χ3n) is 4.53. The molecule has 5 nitrogen and oxygen atoms in total. The lowest BCUT2D eigenvalue weighted by molar-refractivity contribution is 0.768. The SMILES string of the molecule is CC(Nc1cc(-c2ccccc2)ncn1)c1cccc(-c2cnn(C)c2)c1. The Morgan fingerprint density at radius 1 is 0.889 bits per heavy atom. The van der Waals surface area contributed by atoms with Crippen molar-refractivity contribution >= 4 is 5.82 Å². The van der Waals surface area contributed by atoms with Gasteiger partial charge in [0.25, 0.3) is 0 Å². The first-order valence-corrected chi connectivity index (χ1v) is 8.92. The molecule has 0 saturated carbocycles. The van der Waals surface area contributed by atoms with Crippen LogP contribution < -0.4 is 5.32 Å². The van der Waals surface area contributed by atoms with Crippen molar-refractivity contribution in [1.82, 2.24) is 19.7 Å². The highest BCUT2D eigenvalue weighted by Crippen LogP contribution is 2.25. The van der Waals surface area contributed by atoms with Gasteiger partial charge in [-0.3, -0.25) is 4.68 Å². The van der Waals surface area contributed by atoms with Crippen molar-refractivity contribution in [2.75, 3.05) is 5.32 Å². The number of hydrogen-bond acceptors (Lipinski definition) is 4. The number of nitrogens with one attached hydrogen (secondary N) is 1. The fourth-order valence-electron chi connectivity index (χ4n) is 3.07. The van der Waals surface area contributed by atoms with Crippen molar-refractivity contribution < 1.29 is 0 Å². The molecule has 0 bridgehead atoms. The van der Waals surface area contributed by atoms with Crippen LogP contribution >= 0.6 is 0 Å². The van der Waals surface area contributed by atoms with Gasteiger partial charge in [-0.15, -0.1) is 0 Å². The second-order valence-electron chi connectivity index (χ2n) is 6.55. The molecule has 1 atom stereocenters. The first-order valence-electron chi connectivity index (χ1n) is 8.92. The molecule has 5 heteroatoms. The molecule has 0 aliphatic heterocycles. The minimum Gasteiger partial charge on any atom is -0.363 e. The molecule has 0 saturated heterocycles. The fourth-order valence-corrected chi connectivity index (χ4v) is 3.07. The van der Waals surface area contributed by atoms with E-state index in [2.05, 4.69) is 51.6 Å². The van der Waals surface area contributed by atoms with Gasteiger partial charge in [-0.05, 0) is 24.1 Å². The van der Waals surface area contributed by atoms with Crippen LogP contribution in [0.25, 0.3) is 22.4 Å². The van der Waals surface area contributed by atoms with Gasteiger partial charge in [0.2, 0.25) is 0 Å². The van der Waals surface area contributed by atoms with Gasteiger partial charge < -0.3 is 5.32 Å². The average Bonchev–Trinajstić information content (AvgIpc) is 3.15. The molecule has 0 fully saturated rings. The first-order chi connectivity index (χ1) is 13.2. The molecule has 0 amide bonds. The van der Waals surface area contributed by atoms with Crippen molar-refractivity contribution in [1.29, 1.82) is 0 Å². The van der Waals surface area contributed by atoms with Crippen molar-refractivity contribution in [3.05, 3.63) is 84.9 Å². The van der Waals surface area contributed by atoms with Gasteiger partial charge in [0.1, 0.15) is 12.1 Å². The Kier molecular flexibility index (Phi) is 4.66. The van der Waals surface area contributed by atoms with Crippen LogP contribution in [-0.4, -0.2) is 19.7 Å². The molecule has 4 aromatic rings. The Morgan fingerprint density at radius 3 is 2.48 bits per heavy atom. The van der Waals surface area contributed by atoms with E-state index in [0.717, 1.165) is 28.2 Å². The zero-order chi connectivity index (χ0) is 18.6. The van der Waals surface area contributed by atoms with Crippen molar-refractivity contribution in [2.45, 2.75) is 13.0 Å². The van der Waals surface area contributed by atoms with Crippen LogP contribution in [-0.2, 0) is 7.05 Å². The minimum atomic E-state index is 0.111. The normalized spacial score (nSPS) is 11.9. The molecule has 0 aliphatic carbocycles. The van der Waals surface area contributed by atoms with E-state index >= 15 is 0 Å². The molecule has 1 unspecified atom stereocenters. The molecule has 27 heavy (non-hydrogen) atoms. The summed E-state index contributed by atoms with van der Waals surface area (Å²) in [5, 5.41) is 7.74. The maximum absolute atomic E-state index is 4.39. The number of anilines is 1. The highest BCUT2D eigenvalue weighted by atomic mass is 15.2. The van der Waals surface area contributed by atoms with E-state index in [1.807, 2.05) is 60.5 Å². The third-order valence-corrected chi connectivity index (χ3v) is 4.53. The van der Waals surface area contributed by atoms with Gasteiger partial charge in [0.05, 0.1) is 11.9 Å². The quantitative estimate of drug-likeness (QED) is 0.563. The Morgan fingerprint density at radius 2 is 1.70 bits per heavy atom. The first kappa shape index (κ1) is 17.0. The van der Waals surface area contributed by atoms with Crippen molar-refractivity contribution in [3.8, 4) is 22.4 Å². The molecular weight excluding hydrogens is 334 g/mol. The molecule has 1 N–H and O–H groups in total. The Bertz CT molecular complexity index is 1040. The van der Waals surface area contributed by atoms with Crippen LogP contribution in [0.5, 0.6) is 0 Å². The van der Waals surface area contributed by atoms with Crippen molar-refractivity contribution in [2.24, 2.45) is 7.05 Å². The summed E-state index contributed by atoms with van der Waals surface area (Å²) in [5.74, 6) is 0.808. The highest BCUT2D eigenvalue weighted by molar-refractivity contribution is 5.64. The average molecular weight is 355 g/mol. The zero-order valence-electron chi connectivity index (χ0n) is 15.4. The summed E-state index contributed by atoms with van der Waals surface area (Å²) in [6, 6.07) is 20.7. The van der Waals surface area contributed by atoms with Gasteiger partial charge in [0, 0.05) is 36.5 Å². The lowest BCUT2D eigenvalue weighted by atomic mass is 10.0. The molecule has 4 rings (SSSR count). The molecule has 134 valence electrons. The van der Waals surface area contributed by atoms with Crippen LogP contribution in [0.3, 0.4) is 0 Å². The Labute approximate surface area is 158 Å². The summed E-state index contributed by atoms with van der Waals surface area (Å²) in [4.78, 5) is 8.76. The molecule has 2 aromatic heterocycles. The van der Waals surface area contributed by atoms with Gasteiger partial charge in [0.15, 0.2) is 0 Å². The standard InChI is InChI=1S/C22H21N5/c1-16(18-9-6-10-19(11-18)20-13-25-27(2)14-20)26-22-12-21(23-15-24-22)17-7-4-3-5-8-17/h3-16H,1-2H3,(H,23,24,26). The molecule has 0 radical (unpaired) electrons. The van der Waals surface area contributed by atoms with E-state index in [4.69, 9.17) is 0 Å². The Hall–Kier alpha value is -3.47. The maximum atomic E-state index is 4.39. The largest absolute Gasteiger partial charge is 0.363 e. The van der Waals surface area contributed by atoms with E-state index in [1.54, 1.807) is 6.33 Å². The molecule has 2 heterocycles. The fraction of sp³-hybridized carbons (Fsp3) is 0.136. The number of nitrogens with zero attached hydrogens (tertiary/aromatic N) is 4. The van der Waals surface area contributed by atoms with Crippen LogP contribution in [0.15, 0.2) is 79.4 Å². The predicted octanol–water partition coefficient (Wildman–Crippen LogP) is 4.72. The summed E-state index contributed by atoms with van der Waals surface area (Å²) < 4.78 is 1.82. The van der Waals surface area contributed by atoms with Gasteiger partial charge in [-0.25, -0.2) is 9.97 Å². The van der Waals surface area contributed by atoms with E-state index in [0.29, 0.717) is 0 Å². The summed E-state index contributed by atoms with van der Waals surface area (Å²) >= 11 is 0. The van der Waals surface area contributed by atoms with Crippen molar-refractivity contribution in [3.63, 3.8) is 0 Å². The highest BCUT2D eigenvalue weighted by Gasteiger charge is 2.09. The van der Waals surface area contributed by atoms with Crippen LogP contribution in [0, 0.1) is 0 Å². The van der Waals surface area contributed by atoms with Crippen LogP contribution in [0.2, 0.25) is 0 Å². The number of aromatic nitrogens is 4. The maximum Gasteiger partial charge on any atom is 0.130 e. The topological polar surface area (TPSA) is 55.6 Å². The third kappa shape index (κ3) is 3.87. The monoisotopic (exact) mass is 355 g/mol. The lowest BCUT2D eigenvalue weighted by Crippen LogP contribution is -2.08. The summed E-state index contributed by atoms with van der Waals surface area (Å²) in [6.45, 7) is 2.13. The van der Waals surface area contributed by atoms with E-state index in [9.17, 15) is 0 Å². The summed E-state index contributed by atoms with van der Waals surface area (Å²) in [6.07, 6.45) is 5.50. The number of aryl methyl sites for hydroxylation is 1. The minimum absolute atomic E-state index is 0.111. The molecule has 0 aliphatic rings. The van der Waals surface area contributed by atoms with Crippen LogP contribution in [0.4, 0.5) is 5.82 Å². The molecule has 2 aromatic carbocycles. The predicted molar refractivity (Wildman–Crippen MR) is 108 cm³/mol. The lowest BCUT2D eigenvalue weighted by Gasteiger charge is -2.16. The van der Waals surface area contributed by atoms with E-state index in [1.165, 1.54) is 5.56 Å². The number of rotatable bonds is 5. The van der Waals surface area contributed by atoms with Gasteiger partial charge in [-0.1, -0.05) is 48.5 Å². The summed E-state index contributed by atoms with van der Waals surface area (Å²) in [7, 11) is 1.93. The second-order valence-corrected chi connectivity index (χ2v) is 6.55. The smallest absolute Gasteiger partial charge is 0.130 e.